The lowest BCUT2D eigenvalue weighted by Crippen LogP contribution is -2.38. The van der Waals surface area contributed by atoms with Crippen LogP contribution >= 0.6 is 0 Å². The van der Waals surface area contributed by atoms with Gasteiger partial charge in [-0.3, -0.25) is 0 Å². The Morgan fingerprint density at radius 3 is 1.29 bits per heavy atom. The molecule has 55 heavy (non-hydrogen) atoms. The third kappa shape index (κ3) is 21.1. The van der Waals surface area contributed by atoms with E-state index in [1.807, 2.05) is 0 Å². The zero-order valence-electron chi connectivity index (χ0n) is 36.8. The molecule has 2 atom stereocenters. The molecule has 0 fully saturated rings. The van der Waals surface area contributed by atoms with Gasteiger partial charge < -0.3 is 0 Å². The Morgan fingerprint density at radius 1 is 0.473 bits per heavy atom. The SMILES string of the molecule is CCCCCCCCCCCCCCCCCCC(n1cc[n+](CCCCCCCCCCCCCCCC)c1)C(C)(Cc1ccccc1)c1ccccc1. The first-order valence-corrected chi connectivity index (χ1v) is 24.3. The maximum absolute atomic E-state index is 2.60. The lowest BCUT2D eigenvalue weighted by Gasteiger charge is -2.37. The molecule has 0 amide bonds. The highest BCUT2D eigenvalue weighted by molar-refractivity contribution is 5.30. The second-order valence-corrected chi connectivity index (χ2v) is 17.7. The van der Waals surface area contributed by atoms with Gasteiger partial charge in [0.2, 0.25) is 6.33 Å². The fourth-order valence-corrected chi connectivity index (χ4v) is 9.15. The fourth-order valence-electron chi connectivity index (χ4n) is 9.15. The number of aromatic nitrogens is 2. The number of nitrogens with zero attached hydrogens (tertiary/aromatic N) is 2. The summed E-state index contributed by atoms with van der Waals surface area (Å²) in [6.07, 6.45) is 52.0. The van der Waals surface area contributed by atoms with E-state index in [0.29, 0.717) is 6.04 Å². The van der Waals surface area contributed by atoms with Crippen molar-refractivity contribution >= 4 is 0 Å². The van der Waals surface area contributed by atoms with Crippen molar-refractivity contribution in [3.05, 3.63) is 90.5 Å². The first-order valence-electron chi connectivity index (χ1n) is 24.3. The standard InChI is InChI=1S/C53H89N2/c1-4-6-8-10-12-14-16-18-20-21-22-24-26-28-30-38-44-52(53(3,51-42-36-33-37-43-51)48-50-40-34-32-35-41-50)55-47-46-54(49-55)45-39-31-29-27-25-23-19-17-15-13-11-9-7-5-2/h32-37,40-43,46-47,49,52H,4-31,38-39,44-45,48H2,1-3H3/q+1. The highest BCUT2D eigenvalue weighted by atomic mass is 15.1. The summed E-state index contributed by atoms with van der Waals surface area (Å²) in [6.45, 7) is 8.30. The van der Waals surface area contributed by atoms with Crippen LogP contribution in [0.1, 0.15) is 237 Å². The van der Waals surface area contributed by atoms with E-state index in [9.17, 15) is 0 Å². The van der Waals surface area contributed by atoms with Gasteiger partial charge in [0.1, 0.15) is 18.4 Å². The minimum atomic E-state index is 0.00399. The van der Waals surface area contributed by atoms with E-state index in [1.54, 1.807) is 0 Å². The molecule has 0 radical (unpaired) electrons. The molecule has 0 N–H and O–H groups in total. The zero-order chi connectivity index (χ0) is 38.9. The van der Waals surface area contributed by atoms with Crippen molar-refractivity contribution in [1.29, 1.82) is 0 Å². The van der Waals surface area contributed by atoms with Crippen molar-refractivity contribution in [3.63, 3.8) is 0 Å². The van der Waals surface area contributed by atoms with Gasteiger partial charge in [-0.1, -0.05) is 255 Å². The molecule has 0 aliphatic rings. The summed E-state index contributed by atoms with van der Waals surface area (Å²) in [6, 6.07) is 23.1. The molecule has 1 heterocycles. The number of unbranched alkanes of at least 4 members (excludes halogenated alkanes) is 28. The third-order valence-electron chi connectivity index (χ3n) is 12.8. The molecule has 0 saturated carbocycles. The van der Waals surface area contributed by atoms with Crippen molar-refractivity contribution in [2.75, 3.05) is 0 Å². The predicted octanol–water partition coefficient (Wildman–Crippen LogP) is 16.7. The minimum Gasteiger partial charge on any atom is -0.237 e. The van der Waals surface area contributed by atoms with E-state index in [-0.39, 0.29) is 5.41 Å². The van der Waals surface area contributed by atoms with Crippen LogP contribution in [0.5, 0.6) is 0 Å². The van der Waals surface area contributed by atoms with Gasteiger partial charge in [-0.25, -0.2) is 9.13 Å². The molecule has 0 bridgehead atoms. The van der Waals surface area contributed by atoms with Gasteiger partial charge in [0.05, 0.1) is 6.54 Å². The van der Waals surface area contributed by atoms with Crippen molar-refractivity contribution in [2.45, 2.75) is 244 Å². The van der Waals surface area contributed by atoms with Crippen LogP contribution in [0.25, 0.3) is 0 Å². The van der Waals surface area contributed by atoms with Crippen LogP contribution in [0.3, 0.4) is 0 Å². The molecule has 310 valence electrons. The van der Waals surface area contributed by atoms with Crippen molar-refractivity contribution in [2.24, 2.45) is 0 Å². The first kappa shape index (κ1) is 47.0. The summed E-state index contributed by atoms with van der Waals surface area (Å²) in [5.41, 5.74) is 2.91. The molecule has 0 aliphatic heterocycles. The number of benzene rings is 2. The molecule has 3 rings (SSSR count). The van der Waals surface area contributed by atoms with Crippen LogP contribution in [-0.2, 0) is 18.4 Å². The maximum Gasteiger partial charge on any atom is 0.244 e. The van der Waals surface area contributed by atoms with Crippen LogP contribution in [0.4, 0.5) is 0 Å². The van der Waals surface area contributed by atoms with Gasteiger partial charge in [-0.05, 0) is 43.2 Å². The van der Waals surface area contributed by atoms with Gasteiger partial charge in [0.15, 0.2) is 0 Å². The molecule has 0 spiro atoms. The number of imidazole rings is 1. The second kappa shape index (κ2) is 31.7. The Kier molecular flexibility index (Phi) is 27.1. The highest BCUT2D eigenvalue weighted by Crippen LogP contribution is 2.41. The lowest BCUT2D eigenvalue weighted by molar-refractivity contribution is -0.697. The molecule has 3 aromatic rings. The monoisotopic (exact) mass is 754 g/mol. The number of rotatable bonds is 37. The quantitative estimate of drug-likeness (QED) is 0.0409. The maximum atomic E-state index is 2.60. The molecular formula is C53H89N2+. The molecule has 1 aromatic heterocycles. The molecule has 0 saturated heterocycles. The van der Waals surface area contributed by atoms with Gasteiger partial charge in [0.25, 0.3) is 0 Å². The summed E-state index contributed by atoms with van der Waals surface area (Å²) >= 11 is 0. The van der Waals surface area contributed by atoms with Gasteiger partial charge in [0, 0.05) is 5.41 Å². The highest BCUT2D eigenvalue weighted by Gasteiger charge is 2.40. The number of aryl methyl sites for hydroxylation is 1. The molecular weight excluding hydrogens is 665 g/mol. The Bertz CT molecular complexity index is 1250. The largest absolute Gasteiger partial charge is 0.244 e. The first-order chi connectivity index (χ1) is 27.2. The smallest absolute Gasteiger partial charge is 0.237 e. The molecule has 0 aliphatic carbocycles. The summed E-state index contributed by atoms with van der Waals surface area (Å²) < 4.78 is 5.08. The van der Waals surface area contributed by atoms with E-state index in [1.165, 1.54) is 210 Å². The Balaban J connectivity index is 1.44. The average molecular weight is 754 g/mol. The molecule has 2 aromatic carbocycles. The van der Waals surface area contributed by atoms with Crippen LogP contribution in [0.15, 0.2) is 79.4 Å². The van der Waals surface area contributed by atoms with Crippen molar-refractivity contribution < 1.29 is 4.57 Å². The van der Waals surface area contributed by atoms with Crippen molar-refractivity contribution in [3.8, 4) is 0 Å². The summed E-state index contributed by atoms with van der Waals surface area (Å²) in [5.74, 6) is 0. The summed E-state index contributed by atoms with van der Waals surface area (Å²) in [5, 5.41) is 0. The number of hydrogen-bond acceptors (Lipinski definition) is 0. The van der Waals surface area contributed by atoms with Crippen LogP contribution in [0.2, 0.25) is 0 Å². The second-order valence-electron chi connectivity index (χ2n) is 17.7. The summed E-state index contributed by atoms with van der Waals surface area (Å²) in [4.78, 5) is 0. The van der Waals surface area contributed by atoms with E-state index < -0.39 is 0 Å². The lowest BCUT2D eigenvalue weighted by atomic mass is 9.70. The van der Waals surface area contributed by atoms with E-state index >= 15 is 0 Å². The van der Waals surface area contributed by atoms with Gasteiger partial charge in [-0.15, -0.1) is 0 Å². The Labute approximate surface area is 342 Å². The number of hydrogen-bond donors (Lipinski definition) is 0. The minimum absolute atomic E-state index is 0.00399. The molecule has 2 nitrogen and oxygen atoms in total. The summed E-state index contributed by atoms with van der Waals surface area (Å²) in [7, 11) is 0. The predicted molar refractivity (Wildman–Crippen MR) is 242 cm³/mol. The Hall–Kier alpha value is -2.35. The fraction of sp³-hybridized carbons (Fsp3) is 0.717. The van der Waals surface area contributed by atoms with Crippen LogP contribution < -0.4 is 4.57 Å². The topological polar surface area (TPSA) is 8.81 Å². The van der Waals surface area contributed by atoms with Gasteiger partial charge in [-0.2, -0.15) is 0 Å². The van der Waals surface area contributed by atoms with E-state index in [0.717, 1.165) is 13.0 Å². The van der Waals surface area contributed by atoms with Crippen LogP contribution in [-0.4, -0.2) is 4.57 Å². The van der Waals surface area contributed by atoms with Crippen LogP contribution in [0, 0.1) is 0 Å². The van der Waals surface area contributed by atoms with Gasteiger partial charge >= 0.3 is 0 Å². The zero-order valence-corrected chi connectivity index (χ0v) is 36.8. The van der Waals surface area contributed by atoms with Crippen molar-refractivity contribution in [1.82, 2.24) is 4.57 Å². The molecule has 2 unspecified atom stereocenters. The third-order valence-corrected chi connectivity index (χ3v) is 12.8. The van der Waals surface area contributed by atoms with E-state index in [4.69, 9.17) is 0 Å². The van der Waals surface area contributed by atoms with E-state index in [2.05, 4.69) is 109 Å². The molecule has 2 heteroatoms. The average Bonchev–Trinajstić information content (AvgIpc) is 3.68. The Morgan fingerprint density at radius 2 is 0.855 bits per heavy atom. The normalized spacial score (nSPS) is 13.3.